The Balaban J connectivity index is 1.78. The van der Waals surface area contributed by atoms with Gasteiger partial charge >= 0.3 is 0 Å². The summed E-state index contributed by atoms with van der Waals surface area (Å²) in [5.74, 6) is -0.267. The molecule has 1 aliphatic heterocycles. The fourth-order valence-corrected chi connectivity index (χ4v) is 5.13. The lowest BCUT2D eigenvalue weighted by molar-refractivity contribution is -0.126. The molecule has 0 spiro atoms. The number of carbonyl (C=O) groups excluding carboxylic acids is 1. The Morgan fingerprint density at radius 2 is 1.78 bits per heavy atom. The average Bonchev–Trinajstić information content (AvgIpc) is 2.69. The van der Waals surface area contributed by atoms with E-state index in [-0.39, 0.29) is 16.8 Å². The third kappa shape index (κ3) is 4.51. The first kappa shape index (κ1) is 19.9. The standard InChI is InChI=1S/C20H23ClN2O3S/c1-15(16-10-12-17(21)13-11-16)22-20(24)19-9-5-6-14-23(19)27(25,26)18-7-3-2-4-8-18/h2-4,7-8,10-13,15,19H,5-6,9,14H2,1H3,(H,22,24). The number of halogens is 1. The summed E-state index contributed by atoms with van der Waals surface area (Å²) in [4.78, 5) is 13.1. The molecule has 2 aromatic carbocycles. The van der Waals surface area contributed by atoms with Crippen LogP contribution in [0, 0.1) is 0 Å². The zero-order chi connectivity index (χ0) is 19.4. The molecule has 0 aromatic heterocycles. The molecule has 3 rings (SSSR count). The monoisotopic (exact) mass is 406 g/mol. The van der Waals surface area contributed by atoms with Crippen LogP contribution in [-0.2, 0) is 14.8 Å². The number of hydrogen-bond donors (Lipinski definition) is 1. The van der Waals surface area contributed by atoms with Crippen LogP contribution in [-0.4, -0.2) is 31.2 Å². The van der Waals surface area contributed by atoms with E-state index in [0.29, 0.717) is 18.0 Å². The summed E-state index contributed by atoms with van der Waals surface area (Å²) in [5.41, 5.74) is 0.918. The molecule has 0 radical (unpaired) electrons. The second-order valence-corrected chi connectivity index (χ2v) is 9.05. The van der Waals surface area contributed by atoms with E-state index in [2.05, 4.69) is 5.32 Å². The minimum atomic E-state index is -3.71. The predicted octanol–water partition coefficient (Wildman–Crippen LogP) is 3.76. The molecule has 2 atom stereocenters. The van der Waals surface area contributed by atoms with E-state index in [4.69, 9.17) is 11.6 Å². The van der Waals surface area contributed by atoms with Gasteiger partial charge in [-0.1, -0.05) is 48.4 Å². The van der Waals surface area contributed by atoms with Crippen LogP contribution in [0.15, 0.2) is 59.5 Å². The van der Waals surface area contributed by atoms with E-state index in [1.165, 1.54) is 4.31 Å². The van der Waals surface area contributed by atoms with Crippen LogP contribution < -0.4 is 5.32 Å². The zero-order valence-electron chi connectivity index (χ0n) is 15.1. The molecule has 0 bridgehead atoms. The molecule has 2 unspecified atom stereocenters. The molecular weight excluding hydrogens is 384 g/mol. The van der Waals surface area contributed by atoms with E-state index in [1.54, 1.807) is 42.5 Å². The van der Waals surface area contributed by atoms with Gasteiger partial charge < -0.3 is 5.32 Å². The molecule has 5 nitrogen and oxygen atoms in total. The van der Waals surface area contributed by atoms with Crippen molar-refractivity contribution in [3.63, 3.8) is 0 Å². The predicted molar refractivity (Wildman–Crippen MR) is 106 cm³/mol. The Labute approximate surface area is 165 Å². The number of rotatable bonds is 5. The number of nitrogens with one attached hydrogen (secondary N) is 1. The highest BCUT2D eigenvalue weighted by atomic mass is 35.5. The number of benzene rings is 2. The highest BCUT2D eigenvalue weighted by molar-refractivity contribution is 7.89. The fourth-order valence-electron chi connectivity index (χ4n) is 3.33. The van der Waals surface area contributed by atoms with Gasteiger partial charge in [0.1, 0.15) is 6.04 Å². The fraction of sp³-hybridized carbons (Fsp3) is 0.350. The lowest BCUT2D eigenvalue weighted by Gasteiger charge is -2.34. The first-order chi connectivity index (χ1) is 12.9. The van der Waals surface area contributed by atoms with Crippen molar-refractivity contribution in [2.75, 3.05) is 6.54 Å². The summed E-state index contributed by atoms with van der Waals surface area (Å²) in [6.45, 7) is 2.23. The molecule has 0 aliphatic carbocycles. The van der Waals surface area contributed by atoms with E-state index in [0.717, 1.165) is 18.4 Å². The lowest BCUT2D eigenvalue weighted by atomic mass is 10.0. The molecule has 1 aliphatic rings. The van der Waals surface area contributed by atoms with Crippen molar-refractivity contribution in [2.45, 2.75) is 43.2 Å². The van der Waals surface area contributed by atoms with Gasteiger partial charge in [-0.3, -0.25) is 4.79 Å². The van der Waals surface area contributed by atoms with E-state index in [9.17, 15) is 13.2 Å². The summed E-state index contributed by atoms with van der Waals surface area (Å²) >= 11 is 5.91. The van der Waals surface area contributed by atoms with Gasteiger partial charge in [-0.25, -0.2) is 8.42 Å². The van der Waals surface area contributed by atoms with E-state index in [1.807, 2.05) is 19.1 Å². The number of carbonyl (C=O) groups is 1. The quantitative estimate of drug-likeness (QED) is 0.822. The molecule has 1 N–H and O–H groups in total. The molecule has 0 saturated carbocycles. The third-order valence-electron chi connectivity index (χ3n) is 4.83. The van der Waals surface area contributed by atoms with Crippen LogP contribution in [0.2, 0.25) is 5.02 Å². The topological polar surface area (TPSA) is 66.5 Å². The second-order valence-electron chi connectivity index (χ2n) is 6.72. The van der Waals surface area contributed by atoms with Crippen molar-refractivity contribution in [3.8, 4) is 0 Å². The molecule has 1 fully saturated rings. The van der Waals surface area contributed by atoms with Crippen molar-refractivity contribution in [2.24, 2.45) is 0 Å². The number of hydrogen-bond acceptors (Lipinski definition) is 3. The molecule has 2 aromatic rings. The van der Waals surface area contributed by atoms with Gasteiger partial charge in [0.25, 0.3) is 0 Å². The van der Waals surface area contributed by atoms with Crippen LogP contribution in [0.25, 0.3) is 0 Å². The molecular formula is C20H23ClN2O3S. The molecule has 27 heavy (non-hydrogen) atoms. The zero-order valence-corrected chi connectivity index (χ0v) is 16.7. The maximum atomic E-state index is 13.0. The Morgan fingerprint density at radius 1 is 1.11 bits per heavy atom. The summed E-state index contributed by atoms with van der Waals surface area (Å²) in [6.07, 6.45) is 2.10. The normalized spacial score (nSPS) is 19.4. The first-order valence-electron chi connectivity index (χ1n) is 9.02. The van der Waals surface area contributed by atoms with Gasteiger partial charge in [0.15, 0.2) is 0 Å². The number of sulfonamides is 1. The number of amides is 1. The first-order valence-corrected chi connectivity index (χ1v) is 10.8. The van der Waals surface area contributed by atoms with Gasteiger partial charge in [0.05, 0.1) is 10.9 Å². The van der Waals surface area contributed by atoms with Crippen molar-refractivity contribution in [1.29, 1.82) is 0 Å². The lowest BCUT2D eigenvalue weighted by Crippen LogP contribution is -2.52. The SMILES string of the molecule is CC(NC(=O)C1CCCCN1S(=O)(=O)c1ccccc1)c1ccc(Cl)cc1. The smallest absolute Gasteiger partial charge is 0.243 e. The Hall–Kier alpha value is -1.89. The van der Waals surface area contributed by atoms with Crippen LogP contribution in [0.4, 0.5) is 0 Å². The van der Waals surface area contributed by atoms with Gasteiger partial charge in [0, 0.05) is 11.6 Å². The average molecular weight is 407 g/mol. The van der Waals surface area contributed by atoms with Crippen LogP contribution >= 0.6 is 11.6 Å². The highest BCUT2D eigenvalue weighted by Crippen LogP contribution is 2.26. The molecule has 1 amide bonds. The van der Waals surface area contributed by atoms with Crippen LogP contribution in [0.1, 0.15) is 37.8 Å². The third-order valence-corrected chi connectivity index (χ3v) is 7.01. The van der Waals surface area contributed by atoms with Crippen LogP contribution in [0.3, 0.4) is 0 Å². The molecule has 1 saturated heterocycles. The largest absolute Gasteiger partial charge is 0.348 e. The van der Waals surface area contributed by atoms with E-state index < -0.39 is 16.1 Å². The Bertz CT molecular complexity index is 885. The van der Waals surface area contributed by atoms with Gasteiger partial charge in [-0.2, -0.15) is 4.31 Å². The summed E-state index contributed by atoms with van der Waals surface area (Å²) < 4.78 is 27.4. The van der Waals surface area contributed by atoms with Crippen LogP contribution in [0.5, 0.6) is 0 Å². The maximum absolute atomic E-state index is 13.0. The van der Waals surface area contributed by atoms with Gasteiger partial charge in [-0.05, 0) is 49.6 Å². The van der Waals surface area contributed by atoms with E-state index >= 15 is 0 Å². The van der Waals surface area contributed by atoms with Gasteiger partial charge in [0.2, 0.25) is 15.9 Å². The highest BCUT2D eigenvalue weighted by Gasteiger charge is 2.37. The van der Waals surface area contributed by atoms with Crippen molar-refractivity contribution >= 4 is 27.5 Å². The molecule has 7 heteroatoms. The summed E-state index contributed by atoms with van der Waals surface area (Å²) in [7, 11) is -3.71. The minimum Gasteiger partial charge on any atom is -0.348 e. The minimum absolute atomic E-state index is 0.218. The Kier molecular flexibility index (Phi) is 6.19. The van der Waals surface area contributed by atoms with Crippen molar-refractivity contribution < 1.29 is 13.2 Å². The number of nitrogens with zero attached hydrogens (tertiary/aromatic N) is 1. The molecule has 1 heterocycles. The number of piperidine rings is 1. The van der Waals surface area contributed by atoms with Crippen molar-refractivity contribution in [3.05, 3.63) is 65.2 Å². The second kappa shape index (κ2) is 8.42. The van der Waals surface area contributed by atoms with Gasteiger partial charge in [-0.15, -0.1) is 0 Å². The molecule has 144 valence electrons. The maximum Gasteiger partial charge on any atom is 0.243 e. The summed E-state index contributed by atoms with van der Waals surface area (Å²) in [6, 6.07) is 14.6. The van der Waals surface area contributed by atoms with Crippen molar-refractivity contribution in [1.82, 2.24) is 9.62 Å². The summed E-state index contributed by atoms with van der Waals surface area (Å²) in [5, 5.41) is 3.58. The Morgan fingerprint density at radius 3 is 2.44 bits per heavy atom.